The Bertz CT molecular complexity index is 391. The Balaban J connectivity index is 2.88. The molecule has 1 aromatic rings. The summed E-state index contributed by atoms with van der Waals surface area (Å²) in [6, 6.07) is 0. The molecule has 7 nitrogen and oxygen atoms in total. The van der Waals surface area contributed by atoms with Crippen molar-refractivity contribution >= 4 is 17.7 Å². The summed E-state index contributed by atoms with van der Waals surface area (Å²) in [7, 11) is 0. The van der Waals surface area contributed by atoms with Gasteiger partial charge in [-0.2, -0.15) is 0 Å². The van der Waals surface area contributed by atoms with Crippen LogP contribution in [0.5, 0.6) is 0 Å². The van der Waals surface area contributed by atoms with Gasteiger partial charge < -0.3 is 16.1 Å². The highest BCUT2D eigenvalue weighted by molar-refractivity contribution is 7.99. The fourth-order valence-corrected chi connectivity index (χ4v) is 1.61. The summed E-state index contributed by atoms with van der Waals surface area (Å²) in [5.74, 6) is 5.06. The van der Waals surface area contributed by atoms with Crippen molar-refractivity contribution in [2.45, 2.75) is 24.4 Å². The second-order valence-corrected chi connectivity index (χ2v) is 4.84. The minimum atomic E-state index is -0.948. The van der Waals surface area contributed by atoms with Crippen molar-refractivity contribution in [3.63, 3.8) is 0 Å². The molecule has 1 aromatic heterocycles. The molecule has 0 unspecified atom stereocenters. The fraction of sp³-hybridized carbons (Fsp3) is 0.625. The Labute approximate surface area is 96.6 Å². The van der Waals surface area contributed by atoms with Gasteiger partial charge in [-0.05, 0) is 0 Å². The van der Waals surface area contributed by atoms with Crippen LogP contribution in [0.1, 0.15) is 19.7 Å². The number of aromatic nitrogens is 3. The summed E-state index contributed by atoms with van der Waals surface area (Å²) in [5, 5.41) is 25.6. The topological polar surface area (TPSA) is 114 Å². The second kappa shape index (κ2) is 4.71. The highest BCUT2D eigenvalue weighted by Gasteiger charge is 2.27. The lowest BCUT2D eigenvalue weighted by Crippen LogP contribution is -2.30. The molecule has 0 saturated carbocycles. The van der Waals surface area contributed by atoms with Crippen molar-refractivity contribution in [1.29, 1.82) is 0 Å². The summed E-state index contributed by atoms with van der Waals surface area (Å²) in [4.78, 5) is 10.4. The van der Waals surface area contributed by atoms with E-state index in [-0.39, 0.29) is 12.4 Å². The molecule has 1 rings (SSSR count). The molecule has 8 heteroatoms. The monoisotopic (exact) mass is 246 g/mol. The van der Waals surface area contributed by atoms with Crippen LogP contribution in [0.25, 0.3) is 0 Å². The molecule has 16 heavy (non-hydrogen) atoms. The van der Waals surface area contributed by atoms with Crippen molar-refractivity contribution < 1.29 is 15.0 Å². The molecule has 0 aliphatic rings. The minimum absolute atomic E-state index is 0.119. The molecular formula is C8H14N4O3S. The predicted molar refractivity (Wildman–Crippen MR) is 58.6 cm³/mol. The molecule has 0 aromatic carbocycles. The zero-order valence-corrected chi connectivity index (χ0v) is 9.86. The van der Waals surface area contributed by atoms with Gasteiger partial charge in [-0.25, -0.2) is 4.68 Å². The number of nitrogens with two attached hydrogens (primary N) is 1. The van der Waals surface area contributed by atoms with Crippen molar-refractivity contribution in [3.8, 4) is 0 Å². The zero-order chi connectivity index (χ0) is 12.3. The van der Waals surface area contributed by atoms with Crippen LogP contribution in [0.4, 0.5) is 0 Å². The Hall–Kier alpha value is -1.28. The largest absolute Gasteiger partial charge is 0.481 e. The van der Waals surface area contributed by atoms with Crippen LogP contribution >= 0.6 is 11.8 Å². The number of carboxylic acids is 1. The van der Waals surface area contributed by atoms with Gasteiger partial charge in [0.25, 0.3) is 0 Å². The van der Waals surface area contributed by atoms with Gasteiger partial charge >= 0.3 is 5.97 Å². The normalized spacial score (nSPS) is 11.7. The van der Waals surface area contributed by atoms with E-state index in [1.165, 1.54) is 4.68 Å². The molecule has 0 atom stereocenters. The molecule has 0 radical (unpaired) electrons. The van der Waals surface area contributed by atoms with Gasteiger partial charge in [-0.3, -0.25) is 4.79 Å². The maximum atomic E-state index is 10.4. The molecule has 0 bridgehead atoms. The van der Waals surface area contributed by atoms with Gasteiger partial charge in [0.1, 0.15) is 0 Å². The highest BCUT2D eigenvalue weighted by atomic mass is 32.2. The third-order valence-electron chi connectivity index (χ3n) is 1.99. The van der Waals surface area contributed by atoms with Gasteiger partial charge in [0.15, 0.2) is 5.82 Å². The number of rotatable bonds is 5. The van der Waals surface area contributed by atoms with Crippen LogP contribution in [-0.4, -0.2) is 43.4 Å². The van der Waals surface area contributed by atoms with Crippen molar-refractivity contribution in [3.05, 3.63) is 5.82 Å². The van der Waals surface area contributed by atoms with Crippen LogP contribution in [0.3, 0.4) is 0 Å². The summed E-state index contributed by atoms with van der Waals surface area (Å²) in [6.07, 6.45) is 0. The molecule has 0 amide bonds. The molecule has 0 spiro atoms. The Morgan fingerprint density at radius 3 is 2.69 bits per heavy atom. The van der Waals surface area contributed by atoms with Gasteiger partial charge in [-0.1, -0.05) is 25.6 Å². The van der Waals surface area contributed by atoms with E-state index in [0.717, 1.165) is 11.8 Å². The lowest BCUT2D eigenvalue weighted by Gasteiger charge is -2.19. The van der Waals surface area contributed by atoms with Gasteiger partial charge in [0, 0.05) is 5.41 Å². The average Bonchev–Trinajstić information content (AvgIpc) is 2.57. The Kier molecular flexibility index (Phi) is 3.76. The SMILES string of the molecule is CC(C)(CO)c1nnc(SCC(=O)O)n1N. The Morgan fingerprint density at radius 2 is 2.19 bits per heavy atom. The molecule has 90 valence electrons. The molecule has 1 heterocycles. The van der Waals surface area contributed by atoms with E-state index in [0.29, 0.717) is 11.0 Å². The maximum Gasteiger partial charge on any atom is 0.313 e. The quantitative estimate of drug-likeness (QED) is 0.471. The molecule has 0 aliphatic heterocycles. The highest BCUT2D eigenvalue weighted by Crippen LogP contribution is 2.23. The van der Waals surface area contributed by atoms with E-state index in [1.54, 1.807) is 13.8 Å². The Morgan fingerprint density at radius 1 is 1.56 bits per heavy atom. The van der Waals surface area contributed by atoms with Crippen LogP contribution in [0.15, 0.2) is 5.16 Å². The number of carbonyl (C=O) groups is 1. The van der Waals surface area contributed by atoms with Gasteiger partial charge in [0.05, 0.1) is 12.4 Å². The lowest BCUT2D eigenvalue weighted by molar-refractivity contribution is -0.133. The summed E-state index contributed by atoms with van der Waals surface area (Å²) < 4.78 is 1.21. The molecular weight excluding hydrogens is 232 g/mol. The third kappa shape index (κ3) is 2.64. The lowest BCUT2D eigenvalue weighted by atomic mass is 9.94. The van der Waals surface area contributed by atoms with E-state index >= 15 is 0 Å². The molecule has 0 aliphatic carbocycles. The summed E-state index contributed by atoms with van der Waals surface area (Å²) in [6.45, 7) is 3.42. The maximum absolute atomic E-state index is 10.4. The number of aliphatic carboxylic acids is 1. The van der Waals surface area contributed by atoms with E-state index in [2.05, 4.69) is 10.2 Å². The number of thioether (sulfide) groups is 1. The average molecular weight is 246 g/mol. The van der Waals surface area contributed by atoms with Crippen molar-refractivity contribution in [1.82, 2.24) is 14.9 Å². The number of hydrogen-bond acceptors (Lipinski definition) is 6. The first-order valence-electron chi connectivity index (χ1n) is 4.55. The second-order valence-electron chi connectivity index (χ2n) is 3.90. The van der Waals surface area contributed by atoms with E-state index in [9.17, 15) is 4.79 Å². The van der Waals surface area contributed by atoms with Crippen molar-refractivity contribution in [2.75, 3.05) is 18.2 Å². The van der Waals surface area contributed by atoms with E-state index in [4.69, 9.17) is 16.1 Å². The predicted octanol–water partition coefficient (Wildman–Crippen LogP) is -0.562. The van der Waals surface area contributed by atoms with Gasteiger partial charge in [0.2, 0.25) is 5.16 Å². The first kappa shape index (κ1) is 12.8. The number of hydrogen-bond donors (Lipinski definition) is 3. The number of aliphatic hydroxyl groups excluding tert-OH is 1. The van der Waals surface area contributed by atoms with E-state index in [1.807, 2.05) is 0 Å². The third-order valence-corrected chi connectivity index (χ3v) is 2.92. The summed E-state index contributed by atoms with van der Waals surface area (Å²) in [5.41, 5.74) is -0.607. The van der Waals surface area contributed by atoms with Crippen LogP contribution < -0.4 is 5.84 Å². The number of carboxylic acid groups (broad SMARTS) is 1. The fourth-order valence-electron chi connectivity index (χ4n) is 1.03. The van der Waals surface area contributed by atoms with E-state index < -0.39 is 11.4 Å². The number of nitrogens with zero attached hydrogens (tertiary/aromatic N) is 3. The minimum Gasteiger partial charge on any atom is -0.481 e. The van der Waals surface area contributed by atoms with Gasteiger partial charge in [-0.15, -0.1) is 10.2 Å². The summed E-state index contributed by atoms with van der Waals surface area (Å²) >= 11 is 0.986. The first-order valence-corrected chi connectivity index (χ1v) is 5.53. The van der Waals surface area contributed by atoms with Crippen LogP contribution in [-0.2, 0) is 10.2 Å². The van der Waals surface area contributed by atoms with Crippen LogP contribution in [0.2, 0.25) is 0 Å². The standard InChI is InChI=1S/C8H14N4O3S/c1-8(2,4-13)6-10-11-7(12(6)9)16-3-5(14)15/h13H,3-4,9H2,1-2H3,(H,14,15). The smallest absolute Gasteiger partial charge is 0.313 e. The first-order chi connectivity index (χ1) is 7.38. The molecule has 0 saturated heterocycles. The van der Waals surface area contributed by atoms with Crippen molar-refractivity contribution in [2.24, 2.45) is 0 Å². The number of nitrogen functional groups attached to an aromatic ring is 1. The molecule has 4 N–H and O–H groups in total. The zero-order valence-electron chi connectivity index (χ0n) is 9.04. The van der Waals surface area contributed by atoms with Crippen LogP contribution in [0, 0.1) is 0 Å². The number of aliphatic hydroxyl groups is 1. The molecule has 0 fully saturated rings.